The molecule has 0 saturated heterocycles. The van der Waals surface area contributed by atoms with E-state index >= 15 is 0 Å². The summed E-state index contributed by atoms with van der Waals surface area (Å²) in [4.78, 5) is 27.9. The zero-order chi connectivity index (χ0) is 27.6. The van der Waals surface area contributed by atoms with Gasteiger partial charge in [0, 0.05) is 64.6 Å². The minimum absolute atomic E-state index is 0.0141. The highest BCUT2D eigenvalue weighted by Crippen LogP contribution is 2.34. The Balaban J connectivity index is 1.96. The zero-order valence-electron chi connectivity index (χ0n) is 22.3. The van der Waals surface area contributed by atoms with Crippen LogP contribution in [0.5, 0.6) is 11.5 Å². The fourth-order valence-corrected chi connectivity index (χ4v) is 4.46. The number of ether oxygens (including phenoxy) is 2. The molecule has 0 fully saturated rings. The van der Waals surface area contributed by atoms with E-state index in [-0.39, 0.29) is 17.9 Å². The van der Waals surface area contributed by atoms with E-state index in [0.29, 0.717) is 34.9 Å². The van der Waals surface area contributed by atoms with Gasteiger partial charge in [0.15, 0.2) is 0 Å². The Labute approximate surface area is 220 Å². The maximum Gasteiger partial charge on any atom is 0.332 e. The number of nitro groups is 1. The predicted octanol–water partition coefficient (Wildman–Crippen LogP) is 6.61. The molecule has 38 heavy (non-hydrogen) atoms. The van der Waals surface area contributed by atoms with Crippen molar-refractivity contribution in [3.05, 3.63) is 75.8 Å². The number of carbonyl (C=O) groups is 1. The lowest BCUT2D eigenvalue weighted by atomic mass is 9.99. The first-order chi connectivity index (χ1) is 18.1. The summed E-state index contributed by atoms with van der Waals surface area (Å²) in [6, 6.07) is 16.0. The minimum atomic E-state index is -0.562. The molecule has 1 aromatic heterocycles. The number of benzene rings is 3. The molecule has 0 saturated carbocycles. The van der Waals surface area contributed by atoms with Gasteiger partial charge >= 0.3 is 5.97 Å². The van der Waals surface area contributed by atoms with Gasteiger partial charge in [-0.25, -0.2) is 4.79 Å². The molecule has 0 radical (unpaired) electrons. The topological polar surface area (TPSA) is 105 Å². The average molecular weight is 518 g/mol. The molecule has 0 aliphatic carbocycles. The Morgan fingerprint density at radius 2 is 1.61 bits per heavy atom. The molecule has 4 rings (SSSR count). The number of hydrogen-bond donors (Lipinski definition) is 0. The number of hydrogen-bond acceptors (Lipinski definition) is 7. The molecule has 0 aliphatic rings. The van der Waals surface area contributed by atoms with Gasteiger partial charge in [0.05, 0.1) is 17.1 Å². The number of oxime groups is 1. The highest BCUT2D eigenvalue weighted by Gasteiger charge is 2.20. The van der Waals surface area contributed by atoms with E-state index in [0.717, 1.165) is 21.8 Å². The van der Waals surface area contributed by atoms with Crippen molar-refractivity contribution in [3.63, 3.8) is 0 Å². The van der Waals surface area contributed by atoms with Crippen LogP contribution in [-0.4, -0.2) is 33.4 Å². The predicted molar refractivity (Wildman–Crippen MR) is 147 cm³/mol. The van der Waals surface area contributed by atoms with E-state index in [1.165, 1.54) is 13.0 Å². The quantitative estimate of drug-likeness (QED) is 0.107. The van der Waals surface area contributed by atoms with Gasteiger partial charge in [0.25, 0.3) is 5.69 Å². The molecule has 0 spiro atoms. The standard InChI is InChI=1S/C29H31N3O6/c1-7-31-26-12-8-20(14-24(26)25-15-21(32(34)35)9-13-27(25)31)29(30-38-19(6)33)23-11-10-22(36-17(2)3)16-28(23)37-18(4)5/h8-18H,7H2,1-6H3/b30-29-. The summed E-state index contributed by atoms with van der Waals surface area (Å²) in [6.07, 6.45) is -0.159. The lowest BCUT2D eigenvalue weighted by Crippen LogP contribution is -2.13. The van der Waals surface area contributed by atoms with Crippen molar-refractivity contribution < 1.29 is 24.0 Å². The van der Waals surface area contributed by atoms with Gasteiger partial charge in [-0.15, -0.1) is 0 Å². The SMILES string of the molecule is CCn1c2ccc(/C(=N/OC(C)=O)c3ccc(OC(C)C)cc3OC(C)C)cc2c2cc([N+](=O)[O-])ccc21. The van der Waals surface area contributed by atoms with Crippen LogP contribution in [0.1, 0.15) is 52.7 Å². The number of non-ortho nitro benzene ring substituents is 1. The third-order valence-corrected chi connectivity index (χ3v) is 5.86. The van der Waals surface area contributed by atoms with Crippen molar-refractivity contribution in [2.75, 3.05) is 0 Å². The summed E-state index contributed by atoms with van der Waals surface area (Å²) in [5.74, 6) is 0.601. The minimum Gasteiger partial charge on any atom is -0.491 e. The van der Waals surface area contributed by atoms with Crippen LogP contribution < -0.4 is 9.47 Å². The second-order valence-corrected chi connectivity index (χ2v) is 9.45. The van der Waals surface area contributed by atoms with E-state index in [1.54, 1.807) is 18.2 Å². The van der Waals surface area contributed by atoms with Crippen molar-refractivity contribution in [3.8, 4) is 11.5 Å². The van der Waals surface area contributed by atoms with Crippen molar-refractivity contribution in [1.29, 1.82) is 0 Å². The second kappa shape index (κ2) is 10.9. The van der Waals surface area contributed by atoms with Gasteiger partial charge in [0.2, 0.25) is 0 Å². The maximum atomic E-state index is 11.7. The monoisotopic (exact) mass is 517 g/mol. The number of fused-ring (bicyclic) bond motifs is 3. The number of carbonyl (C=O) groups excluding carboxylic acids is 1. The lowest BCUT2D eigenvalue weighted by molar-refractivity contribution is -0.384. The third-order valence-electron chi connectivity index (χ3n) is 5.86. The first kappa shape index (κ1) is 26.7. The second-order valence-electron chi connectivity index (χ2n) is 9.45. The van der Waals surface area contributed by atoms with Crippen molar-refractivity contribution in [1.82, 2.24) is 4.57 Å². The highest BCUT2D eigenvalue weighted by atomic mass is 16.7. The number of aryl methyl sites for hydroxylation is 1. The number of nitrogens with zero attached hydrogens (tertiary/aromatic N) is 3. The molecule has 9 heteroatoms. The number of nitro benzene ring substituents is 1. The average Bonchev–Trinajstić information content (AvgIpc) is 3.16. The van der Waals surface area contributed by atoms with Crippen LogP contribution >= 0.6 is 0 Å². The van der Waals surface area contributed by atoms with E-state index < -0.39 is 10.9 Å². The molecule has 0 atom stereocenters. The fraction of sp³-hybridized carbons (Fsp3) is 0.310. The van der Waals surface area contributed by atoms with Crippen molar-refractivity contribution in [2.45, 2.75) is 60.3 Å². The molecule has 198 valence electrons. The first-order valence-electron chi connectivity index (χ1n) is 12.5. The maximum absolute atomic E-state index is 11.7. The summed E-state index contributed by atoms with van der Waals surface area (Å²) >= 11 is 0. The molecule has 1 heterocycles. The van der Waals surface area contributed by atoms with E-state index in [2.05, 4.69) is 9.72 Å². The van der Waals surface area contributed by atoms with E-state index in [9.17, 15) is 14.9 Å². The summed E-state index contributed by atoms with van der Waals surface area (Å²) in [6.45, 7) is 11.7. The molecule has 0 N–H and O–H groups in total. The lowest BCUT2D eigenvalue weighted by Gasteiger charge is -2.18. The van der Waals surface area contributed by atoms with Gasteiger partial charge in [-0.3, -0.25) is 10.1 Å². The van der Waals surface area contributed by atoms with Crippen LogP contribution in [0.25, 0.3) is 21.8 Å². The molecule has 0 bridgehead atoms. The van der Waals surface area contributed by atoms with Gasteiger partial charge in [-0.1, -0.05) is 11.2 Å². The Morgan fingerprint density at radius 1 is 0.947 bits per heavy atom. The molecule has 3 aromatic carbocycles. The van der Waals surface area contributed by atoms with Crippen LogP contribution in [0.4, 0.5) is 5.69 Å². The summed E-state index contributed by atoms with van der Waals surface area (Å²) in [5.41, 5.74) is 3.49. The Morgan fingerprint density at radius 3 is 2.21 bits per heavy atom. The largest absolute Gasteiger partial charge is 0.491 e. The van der Waals surface area contributed by atoms with Gasteiger partial charge in [0.1, 0.15) is 17.2 Å². The zero-order valence-corrected chi connectivity index (χ0v) is 22.3. The summed E-state index contributed by atoms with van der Waals surface area (Å²) in [7, 11) is 0. The molecule has 0 amide bonds. The molecule has 9 nitrogen and oxygen atoms in total. The number of aromatic nitrogens is 1. The Hall–Kier alpha value is -4.40. The molecular formula is C29H31N3O6. The normalized spacial score (nSPS) is 11.9. The molecule has 4 aromatic rings. The highest BCUT2D eigenvalue weighted by molar-refractivity contribution is 6.18. The van der Waals surface area contributed by atoms with Crippen LogP contribution in [0.15, 0.2) is 59.8 Å². The molecule has 0 unspecified atom stereocenters. The first-order valence-corrected chi connectivity index (χ1v) is 12.5. The summed E-state index contributed by atoms with van der Waals surface area (Å²) < 4.78 is 14.1. The van der Waals surface area contributed by atoms with Crippen molar-refractivity contribution >= 4 is 39.2 Å². The fourth-order valence-electron chi connectivity index (χ4n) is 4.46. The van der Waals surface area contributed by atoms with E-state index in [4.69, 9.17) is 14.3 Å². The van der Waals surface area contributed by atoms with Gasteiger partial charge < -0.3 is 18.9 Å². The third kappa shape index (κ3) is 5.46. The van der Waals surface area contributed by atoms with E-state index in [1.807, 2.05) is 65.0 Å². The van der Waals surface area contributed by atoms with Gasteiger partial charge in [-0.2, -0.15) is 0 Å². The van der Waals surface area contributed by atoms with Crippen molar-refractivity contribution in [2.24, 2.45) is 5.16 Å². The number of rotatable bonds is 9. The summed E-state index contributed by atoms with van der Waals surface area (Å²) in [5, 5.41) is 17.3. The van der Waals surface area contributed by atoms with Gasteiger partial charge in [-0.05, 0) is 65.0 Å². The molecule has 0 aliphatic heterocycles. The Bertz CT molecular complexity index is 1550. The Kier molecular flexibility index (Phi) is 7.66. The van der Waals surface area contributed by atoms with Crippen LogP contribution in [-0.2, 0) is 16.2 Å². The smallest absolute Gasteiger partial charge is 0.332 e. The van der Waals surface area contributed by atoms with Crippen LogP contribution in [0.2, 0.25) is 0 Å². The molecular weight excluding hydrogens is 486 g/mol. The van der Waals surface area contributed by atoms with Crippen LogP contribution in [0, 0.1) is 10.1 Å². The van der Waals surface area contributed by atoms with Crippen LogP contribution in [0.3, 0.4) is 0 Å².